The molecule has 29 heavy (non-hydrogen) atoms. The SMILES string of the molecule is CCNC(=NCc1ccccc1Oc1ccccc1C)NC1CCS(=O)(=O)C1.I. The molecule has 1 unspecified atom stereocenters. The molecule has 0 bridgehead atoms. The van der Waals surface area contributed by atoms with Gasteiger partial charge in [0, 0.05) is 18.2 Å². The van der Waals surface area contributed by atoms with Gasteiger partial charge in [0.1, 0.15) is 11.5 Å². The molecule has 2 N–H and O–H groups in total. The summed E-state index contributed by atoms with van der Waals surface area (Å²) in [7, 11) is -2.93. The van der Waals surface area contributed by atoms with Crippen molar-refractivity contribution in [2.75, 3.05) is 18.1 Å². The van der Waals surface area contributed by atoms with E-state index in [9.17, 15) is 8.42 Å². The van der Waals surface area contributed by atoms with E-state index in [0.717, 1.165) is 22.6 Å². The number of ether oxygens (including phenoxy) is 1. The quantitative estimate of drug-likeness (QED) is 0.340. The summed E-state index contributed by atoms with van der Waals surface area (Å²) in [6, 6.07) is 15.6. The second kappa shape index (κ2) is 10.8. The number of rotatable bonds is 6. The van der Waals surface area contributed by atoms with Gasteiger partial charge in [0.05, 0.1) is 18.1 Å². The van der Waals surface area contributed by atoms with Gasteiger partial charge in [0.25, 0.3) is 0 Å². The number of hydrogen-bond donors (Lipinski definition) is 2. The Morgan fingerprint density at radius 3 is 2.48 bits per heavy atom. The van der Waals surface area contributed by atoms with Crippen molar-refractivity contribution in [3.8, 4) is 11.5 Å². The molecule has 1 aliphatic rings. The minimum absolute atomic E-state index is 0. The van der Waals surface area contributed by atoms with Gasteiger partial charge in [-0.05, 0) is 38.0 Å². The molecular formula is C21H28IN3O3S. The summed E-state index contributed by atoms with van der Waals surface area (Å²) in [4.78, 5) is 4.64. The number of nitrogens with zero attached hydrogens (tertiary/aromatic N) is 1. The number of guanidine groups is 1. The number of sulfone groups is 1. The van der Waals surface area contributed by atoms with E-state index in [0.29, 0.717) is 25.5 Å². The standard InChI is InChI=1S/C21H27N3O3S.HI/c1-3-22-21(24-18-12-13-28(25,26)15-18)23-14-17-9-5-7-11-20(17)27-19-10-6-4-8-16(19)2;/h4-11,18H,3,12-15H2,1-2H3,(H2,22,23,24);1H. The van der Waals surface area contributed by atoms with Crippen molar-refractivity contribution < 1.29 is 13.2 Å². The molecule has 2 aromatic carbocycles. The molecule has 3 rings (SSSR count). The third-order valence-corrected chi connectivity index (χ3v) is 6.38. The van der Waals surface area contributed by atoms with Gasteiger partial charge in [-0.25, -0.2) is 13.4 Å². The summed E-state index contributed by atoms with van der Waals surface area (Å²) in [6.45, 7) is 5.13. The first-order valence-electron chi connectivity index (χ1n) is 9.53. The Morgan fingerprint density at radius 1 is 1.14 bits per heavy atom. The highest BCUT2D eigenvalue weighted by molar-refractivity contribution is 14.0. The normalized spacial score (nSPS) is 18.0. The molecule has 8 heteroatoms. The van der Waals surface area contributed by atoms with Crippen LogP contribution in [0.3, 0.4) is 0 Å². The van der Waals surface area contributed by atoms with Crippen LogP contribution in [0, 0.1) is 6.92 Å². The van der Waals surface area contributed by atoms with E-state index in [1.807, 2.05) is 62.4 Å². The average Bonchev–Trinajstić information content (AvgIpc) is 3.01. The van der Waals surface area contributed by atoms with E-state index < -0.39 is 9.84 Å². The lowest BCUT2D eigenvalue weighted by Gasteiger charge is -2.16. The van der Waals surface area contributed by atoms with Crippen molar-refractivity contribution in [1.29, 1.82) is 0 Å². The van der Waals surface area contributed by atoms with Crippen molar-refractivity contribution in [3.63, 3.8) is 0 Å². The topological polar surface area (TPSA) is 79.8 Å². The Morgan fingerprint density at radius 2 is 1.83 bits per heavy atom. The van der Waals surface area contributed by atoms with E-state index in [-0.39, 0.29) is 41.5 Å². The third-order valence-electron chi connectivity index (χ3n) is 4.61. The van der Waals surface area contributed by atoms with Crippen molar-refractivity contribution >= 4 is 39.8 Å². The van der Waals surface area contributed by atoms with E-state index in [2.05, 4.69) is 15.6 Å². The average molecular weight is 529 g/mol. The molecule has 6 nitrogen and oxygen atoms in total. The Balaban J connectivity index is 0.00000300. The molecule has 0 aliphatic carbocycles. The number of para-hydroxylation sites is 2. The number of halogens is 1. The number of benzene rings is 2. The second-order valence-corrected chi connectivity index (χ2v) is 9.14. The van der Waals surface area contributed by atoms with Gasteiger partial charge in [-0.1, -0.05) is 36.4 Å². The minimum Gasteiger partial charge on any atom is -0.457 e. The van der Waals surface area contributed by atoms with E-state index in [1.165, 1.54) is 0 Å². The van der Waals surface area contributed by atoms with Crippen molar-refractivity contribution in [1.82, 2.24) is 10.6 Å². The van der Waals surface area contributed by atoms with E-state index >= 15 is 0 Å². The maximum Gasteiger partial charge on any atom is 0.191 e. The number of nitrogens with one attached hydrogen (secondary N) is 2. The summed E-state index contributed by atoms with van der Waals surface area (Å²) in [5.41, 5.74) is 2.03. The molecule has 1 aliphatic heterocycles. The van der Waals surface area contributed by atoms with Crippen LogP contribution in [-0.2, 0) is 16.4 Å². The van der Waals surface area contributed by atoms with Crippen LogP contribution >= 0.6 is 24.0 Å². The molecule has 1 heterocycles. The van der Waals surface area contributed by atoms with Gasteiger partial charge in [-0.2, -0.15) is 0 Å². The number of aliphatic imine (C=N–C) groups is 1. The zero-order valence-corrected chi connectivity index (χ0v) is 19.9. The lowest BCUT2D eigenvalue weighted by Crippen LogP contribution is -2.44. The van der Waals surface area contributed by atoms with E-state index in [1.54, 1.807) is 0 Å². The first kappa shape index (κ1) is 23.5. The lowest BCUT2D eigenvalue weighted by atomic mass is 10.2. The zero-order chi connectivity index (χ0) is 20.0. The first-order valence-corrected chi connectivity index (χ1v) is 11.4. The fourth-order valence-corrected chi connectivity index (χ4v) is 4.78. The monoisotopic (exact) mass is 529 g/mol. The van der Waals surface area contributed by atoms with Crippen LogP contribution < -0.4 is 15.4 Å². The van der Waals surface area contributed by atoms with Crippen LogP contribution in [-0.4, -0.2) is 38.5 Å². The fraction of sp³-hybridized carbons (Fsp3) is 0.381. The smallest absolute Gasteiger partial charge is 0.191 e. The van der Waals surface area contributed by atoms with Crippen molar-refractivity contribution in [3.05, 3.63) is 59.7 Å². The van der Waals surface area contributed by atoms with Crippen LogP contribution in [0.25, 0.3) is 0 Å². The highest BCUT2D eigenvalue weighted by atomic mass is 127. The van der Waals surface area contributed by atoms with Crippen LogP contribution in [0.2, 0.25) is 0 Å². The molecule has 1 saturated heterocycles. The summed E-state index contributed by atoms with van der Waals surface area (Å²) in [6.07, 6.45) is 0.611. The minimum atomic E-state index is -2.93. The van der Waals surface area contributed by atoms with Gasteiger partial charge in [-0.3, -0.25) is 0 Å². The highest BCUT2D eigenvalue weighted by Crippen LogP contribution is 2.28. The molecule has 0 aromatic heterocycles. The van der Waals surface area contributed by atoms with Gasteiger partial charge >= 0.3 is 0 Å². The molecule has 2 aromatic rings. The van der Waals surface area contributed by atoms with Gasteiger partial charge in [0.2, 0.25) is 0 Å². The Hall–Kier alpha value is -1.81. The maximum absolute atomic E-state index is 11.7. The highest BCUT2D eigenvalue weighted by Gasteiger charge is 2.28. The van der Waals surface area contributed by atoms with Crippen molar-refractivity contribution in [2.24, 2.45) is 4.99 Å². The molecule has 158 valence electrons. The van der Waals surface area contributed by atoms with Crippen LogP contribution in [0.1, 0.15) is 24.5 Å². The molecule has 0 saturated carbocycles. The number of hydrogen-bond acceptors (Lipinski definition) is 4. The van der Waals surface area contributed by atoms with Crippen LogP contribution in [0.4, 0.5) is 0 Å². The molecular weight excluding hydrogens is 501 g/mol. The first-order chi connectivity index (χ1) is 13.5. The predicted molar refractivity (Wildman–Crippen MR) is 128 cm³/mol. The summed E-state index contributed by atoms with van der Waals surface area (Å²) in [5, 5.41) is 6.43. The zero-order valence-electron chi connectivity index (χ0n) is 16.7. The molecule has 0 amide bonds. The Bertz CT molecular complexity index is 948. The molecule has 0 radical (unpaired) electrons. The predicted octanol–water partition coefficient (Wildman–Crippen LogP) is 3.65. The fourth-order valence-electron chi connectivity index (χ4n) is 3.11. The van der Waals surface area contributed by atoms with E-state index in [4.69, 9.17) is 4.74 Å². The second-order valence-electron chi connectivity index (χ2n) is 6.91. The van der Waals surface area contributed by atoms with Crippen molar-refractivity contribution in [2.45, 2.75) is 32.9 Å². The molecule has 1 fully saturated rings. The van der Waals surface area contributed by atoms with Gasteiger partial charge in [-0.15, -0.1) is 24.0 Å². The molecule has 1 atom stereocenters. The van der Waals surface area contributed by atoms with Crippen LogP contribution in [0.5, 0.6) is 11.5 Å². The van der Waals surface area contributed by atoms with Crippen LogP contribution in [0.15, 0.2) is 53.5 Å². The summed E-state index contributed by atoms with van der Waals surface area (Å²) in [5.74, 6) is 2.59. The van der Waals surface area contributed by atoms with Gasteiger partial charge in [0.15, 0.2) is 15.8 Å². The number of aryl methyl sites for hydroxylation is 1. The Kier molecular flexibility index (Phi) is 8.76. The lowest BCUT2D eigenvalue weighted by molar-refractivity contribution is 0.473. The summed E-state index contributed by atoms with van der Waals surface area (Å²) >= 11 is 0. The van der Waals surface area contributed by atoms with Gasteiger partial charge < -0.3 is 15.4 Å². The molecule has 0 spiro atoms. The summed E-state index contributed by atoms with van der Waals surface area (Å²) < 4.78 is 29.5. The largest absolute Gasteiger partial charge is 0.457 e. The maximum atomic E-state index is 11.7. The third kappa shape index (κ3) is 6.88. The Labute approximate surface area is 190 Å².